The van der Waals surface area contributed by atoms with Crippen molar-refractivity contribution in [2.24, 2.45) is 0 Å². The molecule has 0 atom stereocenters. The zero-order valence-electron chi connectivity index (χ0n) is 16.8. The van der Waals surface area contributed by atoms with Crippen molar-refractivity contribution in [1.29, 1.82) is 0 Å². The van der Waals surface area contributed by atoms with Gasteiger partial charge in [0.05, 0.1) is 12.1 Å². The highest BCUT2D eigenvalue weighted by Crippen LogP contribution is 2.20. The molecule has 2 heterocycles. The number of amides is 1. The summed E-state index contributed by atoms with van der Waals surface area (Å²) in [5.74, 6) is 0.529. The Morgan fingerprint density at radius 2 is 1.75 bits per heavy atom. The quantitative estimate of drug-likeness (QED) is 0.617. The van der Waals surface area contributed by atoms with Crippen LogP contribution in [0.2, 0.25) is 0 Å². The van der Waals surface area contributed by atoms with Crippen LogP contribution in [0.3, 0.4) is 0 Å². The molecule has 1 aromatic carbocycles. The molecule has 0 unspecified atom stereocenters. The third-order valence-corrected chi connectivity index (χ3v) is 4.61. The lowest BCUT2D eigenvalue weighted by atomic mass is 10.1. The number of benzene rings is 1. The first kappa shape index (κ1) is 19.5. The van der Waals surface area contributed by atoms with E-state index in [1.54, 1.807) is 15.7 Å². The molecular formula is C22H25N5O. The molecule has 0 radical (unpaired) electrons. The molecule has 0 aliphatic heterocycles. The third-order valence-electron chi connectivity index (χ3n) is 4.61. The molecule has 3 rings (SSSR count). The van der Waals surface area contributed by atoms with E-state index in [0.717, 1.165) is 34.0 Å². The molecule has 0 aliphatic carbocycles. The Morgan fingerprint density at radius 1 is 1.11 bits per heavy atom. The highest BCUT2D eigenvalue weighted by Gasteiger charge is 2.21. The second-order valence-electron chi connectivity index (χ2n) is 6.82. The summed E-state index contributed by atoms with van der Waals surface area (Å²) in [6.45, 7) is 12.0. The largest absolute Gasteiger partial charge is 0.308 e. The number of aryl methyl sites for hydroxylation is 3. The fourth-order valence-electron chi connectivity index (χ4n) is 3.26. The van der Waals surface area contributed by atoms with Gasteiger partial charge < -0.3 is 4.90 Å². The summed E-state index contributed by atoms with van der Waals surface area (Å²) in [6, 6.07) is 11.5. The number of carbonyl (C=O) groups is 1. The van der Waals surface area contributed by atoms with Crippen molar-refractivity contribution in [2.75, 3.05) is 11.4 Å². The number of nitrogens with zero attached hydrogens (tertiary/aromatic N) is 5. The van der Waals surface area contributed by atoms with Crippen molar-refractivity contribution >= 4 is 11.6 Å². The second kappa shape index (κ2) is 8.17. The standard InChI is InChI=1S/C22H25N5O/c1-6-12-26(19-10-8-7-9-11-19)21(28)14-20-17(4)25-27(18(20)5)22-23-15(2)13-16(3)24-22/h6-11,13H,1,12,14H2,2-5H3. The lowest BCUT2D eigenvalue weighted by molar-refractivity contribution is -0.117. The fourth-order valence-corrected chi connectivity index (χ4v) is 3.26. The summed E-state index contributed by atoms with van der Waals surface area (Å²) in [4.78, 5) is 23.8. The molecule has 0 bridgehead atoms. The van der Waals surface area contributed by atoms with E-state index in [9.17, 15) is 4.79 Å². The minimum atomic E-state index is -0.00167. The van der Waals surface area contributed by atoms with Crippen LogP contribution < -0.4 is 4.90 Å². The van der Waals surface area contributed by atoms with Gasteiger partial charge in [0.2, 0.25) is 5.91 Å². The lowest BCUT2D eigenvalue weighted by Crippen LogP contribution is -2.32. The Balaban J connectivity index is 1.93. The average Bonchev–Trinajstić information content (AvgIpc) is 2.94. The van der Waals surface area contributed by atoms with Crippen LogP contribution in [-0.2, 0) is 11.2 Å². The monoisotopic (exact) mass is 375 g/mol. The van der Waals surface area contributed by atoms with Crippen molar-refractivity contribution in [2.45, 2.75) is 34.1 Å². The van der Waals surface area contributed by atoms with Crippen molar-refractivity contribution in [3.63, 3.8) is 0 Å². The molecular weight excluding hydrogens is 350 g/mol. The third kappa shape index (κ3) is 4.01. The summed E-state index contributed by atoms with van der Waals surface area (Å²) in [6.07, 6.45) is 1.99. The van der Waals surface area contributed by atoms with Gasteiger partial charge in [0.15, 0.2) is 0 Å². The molecule has 0 fully saturated rings. The van der Waals surface area contributed by atoms with Gasteiger partial charge in [-0.3, -0.25) is 4.79 Å². The molecule has 0 N–H and O–H groups in total. The van der Waals surface area contributed by atoms with Crippen LogP contribution >= 0.6 is 0 Å². The number of aromatic nitrogens is 4. The highest BCUT2D eigenvalue weighted by atomic mass is 16.2. The maximum Gasteiger partial charge on any atom is 0.251 e. The Bertz CT molecular complexity index is 987. The van der Waals surface area contributed by atoms with E-state index in [1.807, 2.05) is 64.1 Å². The predicted octanol–water partition coefficient (Wildman–Crippen LogP) is 3.66. The van der Waals surface area contributed by atoms with Crippen molar-refractivity contribution in [3.05, 3.63) is 77.4 Å². The number of hydrogen-bond acceptors (Lipinski definition) is 4. The minimum absolute atomic E-state index is 0.00167. The van der Waals surface area contributed by atoms with E-state index in [0.29, 0.717) is 12.5 Å². The summed E-state index contributed by atoms with van der Waals surface area (Å²) >= 11 is 0. The van der Waals surface area contributed by atoms with E-state index < -0.39 is 0 Å². The molecule has 0 aliphatic rings. The van der Waals surface area contributed by atoms with Crippen LogP contribution in [0.5, 0.6) is 0 Å². The van der Waals surface area contributed by atoms with Crippen molar-refractivity contribution in [1.82, 2.24) is 19.7 Å². The molecule has 0 saturated carbocycles. The van der Waals surface area contributed by atoms with E-state index in [4.69, 9.17) is 0 Å². The minimum Gasteiger partial charge on any atom is -0.308 e. The number of carbonyl (C=O) groups excluding carboxylic acids is 1. The Morgan fingerprint density at radius 3 is 2.36 bits per heavy atom. The Labute approximate surface area is 165 Å². The number of anilines is 1. The van der Waals surface area contributed by atoms with Gasteiger partial charge in [-0.05, 0) is 45.9 Å². The lowest BCUT2D eigenvalue weighted by Gasteiger charge is -2.21. The highest BCUT2D eigenvalue weighted by molar-refractivity contribution is 5.95. The van der Waals surface area contributed by atoms with Crippen LogP contribution in [-0.4, -0.2) is 32.2 Å². The fraction of sp³-hybridized carbons (Fsp3) is 0.273. The van der Waals surface area contributed by atoms with Gasteiger partial charge in [-0.2, -0.15) is 5.10 Å². The van der Waals surface area contributed by atoms with Crippen LogP contribution in [0.15, 0.2) is 49.1 Å². The van der Waals surface area contributed by atoms with Crippen LogP contribution in [0, 0.1) is 27.7 Å². The van der Waals surface area contributed by atoms with E-state index in [2.05, 4.69) is 21.6 Å². The summed E-state index contributed by atoms with van der Waals surface area (Å²) in [7, 11) is 0. The summed E-state index contributed by atoms with van der Waals surface area (Å²) in [5, 5.41) is 4.59. The van der Waals surface area contributed by atoms with Gasteiger partial charge >= 0.3 is 0 Å². The number of rotatable bonds is 6. The van der Waals surface area contributed by atoms with E-state index in [1.165, 1.54) is 0 Å². The first-order chi connectivity index (χ1) is 13.4. The van der Waals surface area contributed by atoms with Crippen LogP contribution in [0.4, 0.5) is 5.69 Å². The summed E-state index contributed by atoms with van der Waals surface area (Å²) < 4.78 is 1.72. The zero-order valence-corrected chi connectivity index (χ0v) is 16.8. The Hall–Kier alpha value is -3.28. The zero-order chi connectivity index (χ0) is 20.3. The van der Waals surface area contributed by atoms with Gasteiger partial charge in [-0.15, -0.1) is 6.58 Å². The van der Waals surface area contributed by atoms with Gasteiger partial charge in [0.25, 0.3) is 5.95 Å². The smallest absolute Gasteiger partial charge is 0.251 e. The molecule has 3 aromatic rings. The van der Waals surface area contributed by atoms with Crippen molar-refractivity contribution in [3.8, 4) is 5.95 Å². The molecule has 0 saturated heterocycles. The van der Waals surface area contributed by atoms with Crippen LogP contribution in [0.1, 0.15) is 28.3 Å². The number of hydrogen-bond donors (Lipinski definition) is 0. The van der Waals surface area contributed by atoms with Gasteiger partial charge in [0, 0.05) is 34.9 Å². The molecule has 1 amide bonds. The van der Waals surface area contributed by atoms with Gasteiger partial charge in [0.1, 0.15) is 0 Å². The first-order valence-corrected chi connectivity index (χ1v) is 9.24. The van der Waals surface area contributed by atoms with Gasteiger partial charge in [-0.1, -0.05) is 24.3 Å². The van der Waals surface area contributed by atoms with Crippen LogP contribution in [0.25, 0.3) is 5.95 Å². The topological polar surface area (TPSA) is 63.9 Å². The molecule has 6 nitrogen and oxygen atoms in total. The normalized spacial score (nSPS) is 10.7. The maximum absolute atomic E-state index is 13.1. The second-order valence-corrected chi connectivity index (χ2v) is 6.82. The SMILES string of the molecule is C=CCN(C(=O)Cc1c(C)nn(-c2nc(C)cc(C)n2)c1C)c1ccccc1. The summed E-state index contributed by atoms with van der Waals surface area (Å²) in [5.41, 5.74) is 5.20. The van der Waals surface area contributed by atoms with E-state index in [-0.39, 0.29) is 12.3 Å². The predicted molar refractivity (Wildman–Crippen MR) is 111 cm³/mol. The molecule has 6 heteroatoms. The molecule has 144 valence electrons. The maximum atomic E-state index is 13.1. The van der Waals surface area contributed by atoms with Crippen molar-refractivity contribution < 1.29 is 4.79 Å². The molecule has 28 heavy (non-hydrogen) atoms. The Kier molecular flexibility index (Phi) is 5.68. The molecule has 0 spiro atoms. The number of para-hydroxylation sites is 1. The molecule has 2 aromatic heterocycles. The first-order valence-electron chi connectivity index (χ1n) is 9.24. The average molecular weight is 375 g/mol. The van der Waals surface area contributed by atoms with Gasteiger partial charge in [-0.25, -0.2) is 14.6 Å². The van der Waals surface area contributed by atoms with E-state index >= 15 is 0 Å².